The second kappa shape index (κ2) is 6.17. The van der Waals surface area contributed by atoms with E-state index in [-0.39, 0.29) is 33.2 Å². The summed E-state index contributed by atoms with van der Waals surface area (Å²) >= 11 is 11.7. The van der Waals surface area contributed by atoms with Gasteiger partial charge in [0.25, 0.3) is 11.6 Å². The van der Waals surface area contributed by atoms with Crippen molar-refractivity contribution in [2.24, 2.45) is 0 Å². The first-order valence-corrected chi connectivity index (χ1v) is 7.19. The van der Waals surface area contributed by atoms with Crippen molar-refractivity contribution in [2.45, 2.75) is 13.0 Å². The summed E-state index contributed by atoms with van der Waals surface area (Å²) in [5, 5.41) is 10.8. The number of carbonyl (C=O) groups excluding carboxylic acids is 1. The SMILES string of the molecule is CC1CN(C)CCN1C(=O)c1cc(Cl)c(Cl)c([N+](=O)[O-])c1. The predicted octanol–water partition coefficient (Wildman–Crippen LogP) is 2.68. The molecular formula is C13H15Cl2N3O3. The number of piperazine rings is 1. The summed E-state index contributed by atoms with van der Waals surface area (Å²) < 4.78 is 0. The Morgan fingerprint density at radius 2 is 2.05 bits per heavy atom. The maximum Gasteiger partial charge on any atom is 0.290 e. The Kier molecular flexibility index (Phi) is 4.70. The molecule has 0 spiro atoms. The third-order valence-electron chi connectivity index (χ3n) is 3.54. The van der Waals surface area contributed by atoms with Crippen LogP contribution in [0.2, 0.25) is 10.0 Å². The fourth-order valence-corrected chi connectivity index (χ4v) is 2.83. The van der Waals surface area contributed by atoms with Crippen molar-refractivity contribution in [3.63, 3.8) is 0 Å². The maximum atomic E-state index is 12.5. The second-order valence-corrected chi connectivity index (χ2v) is 5.94. The van der Waals surface area contributed by atoms with Gasteiger partial charge in [0.05, 0.1) is 9.95 Å². The van der Waals surface area contributed by atoms with Crippen LogP contribution >= 0.6 is 23.2 Å². The van der Waals surface area contributed by atoms with Crippen molar-refractivity contribution < 1.29 is 9.72 Å². The lowest BCUT2D eigenvalue weighted by Gasteiger charge is -2.38. The van der Waals surface area contributed by atoms with E-state index in [1.165, 1.54) is 12.1 Å². The molecule has 0 bridgehead atoms. The van der Waals surface area contributed by atoms with Crippen LogP contribution in [0.15, 0.2) is 12.1 Å². The number of nitro benzene ring substituents is 1. The molecule has 21 heavy (non-hydrogen) atoms. The topological polar surface area (TPSA) is 66.7 Å². The number of halogens is 2. The van der Waals surface area contributed by atoms with Gasteiger partial charge in [0.2, 0.25) is 0 Å². The minimum Gasteiger partial charge on any atom is -0.333 e. The summed E-state index contributed by atoms with van der Waals surface area (Å²) in [5.41, 5.74) is -0.165. The van der Waals surface area contributed by atoms with E-state index in [9.17, 15) is 14.9 Å². The smallest absolute Gasteiger partial charge is 0.290 e. The largest absolute Gasteiger partial charge is 0.333 e. The van der Waals surface area contributed by atoms with Gasteiger partial charge in [0.1, 0.15) is 5.02 Å². The molecule has 114 valence electrons. The molecule has 0 saturated carbocycles. The molecule has 0 aliphatic carbocycles. The third kappa shape index (κ3) is 3.28. The van der Waals surface area contributed by atoms with Crippen LogP contribution in [-0.2, 0) is 0 Å². The first-order valence-electron chi connectivity index (χ1n) is 6.44. The molecule has 0 radical (unpaired) electrons. The van der Waals surface area contributed by atoms with E-state index in [1.54, 1.807) is 4.90 Å². The summed E-state index contributed by atoms with van der Waals surface area (Å²) in [7, 11) is 1.99. The molecule has 0 N–H and O–H groups in total. The van der Waals surface area contributed by atoms with Crippen LogP contribution < -0.4 is 0 Å². The average Bonchev–Trinajstić information content (AvgIpc) is 2.40. The predicted molar refractivity (Wildman–Crippen MR) is 81.1 cm³/mol. The molecule has 1 saturated heterocycles. The van der Waals surface area contributed by atoms with E-state index < -0.39 is 4.92 Å². The monoisotopic (exact) mass is 331 g/mol. The summed E-state index contributed by atoms with van der Waals surface area (Å²) in [6.07, 6.45) is 0. The molecule has 2 rings (SSSR count). The van der Waals surface area contributed by atoms with E-state index in [0.29, 0.717) is 6.54 Å². The van der Waals surface area contributed by atoms with Gasteiger partial charge in [-0.2, -0.15) is 0 Å². The summed E-state index contributed by atoms with van der Waals surface area (Å²) in [4.78, 5) is 26.7. The molecule has 1 heterocycles. The molecule has 1 amide bonds. The first-order chi connectivity index (χ1) is 9.81. The Morgan fingerprint density at radius 1 is 1.38 bits per heavy atom. The van der Waals surface area contributed by atoms with Crippen LogP contribution in [0.1, 0.15) is 17.3 Å². The van der Waals surface area contributed by atoms with E-state index in [4.69, 9.17) is 23.2 Å². The Morgan fingerprint density at radius 3 is 2.62 bits per heavy atom. The Bertz CT molecular complexity index is 594. The standard InChI is InChI=1S/C13H15Cl2N3O3/c1-8-7-16(2)3-4-17(8)13(19)9-5-10(14)12(15)11(6-9)18(20)21/h5-6,8H,3-4,7H2,1-2H3. The average molecular weight is 332 g/mol. The van der Waals surface area contributed by atoms with Gasteiger partial charge in [-0.1, -0.05) is 23.2 Å². The van der Waals surface area contributed by atoms with Crippen LogP contribution in [0.25, 0.3) is 0 Å². The third-order valence-corrected chi connectivity index (χ3v) is 4.34. The van der Waals surface area contributed by atoms with Crippen LogP contribution in [-0.4, -0.2) is 53.4 Å². The Labute approximate surface area is 132 Å². The molecular weight excluding hydrogens is 317 g/mol. The highest BCUT2D eigenvalue weighted by molar-refractivity contribution is 6.43. The van der Waals surface area contributed by atoms with Gasteiger partial charge >= 0.3 is 0 Å². The quantitative estimate of drug-likeness (QED) is 0.617. The first kappa shape index (κ1) is 16.0. The number of likely N-dealkylation sites (N-methyl/N-ethyl adjacent to an activating group) is 1. The fraction of sp³-hybridized carbons (Fsp3) is 0.462. The molecule has 0 aromatic heterocycles. The van der Waals surface area contributed by atoms with Gasteiger partial charge in [0, 0.05) is 37.3 Å². The Hall–Kier alpha value is -1.37. The van der Waals surface area contributed by atoms with Crippen molar-refractivity contribution >= 4 is 34.8 Å². The van der Waals surface area contributed by atoms with Crippen LogP contribution in [0, 0.1) is 10.1 Å². The number of nitrogens with zero attached hydrogens (tertiary/aromatic N) is 3. The summed E-state index contributed by atoms with van der Waals surface area (Å²) in [5.74, 6) is -0.266. The molecule has 1 aromatic rings. The number of benzene rings is 1. The van der Waals surface area contributed by atoms with Crippen LogP contribution in [0.5, 0.6) is 0 Å². The number of hydrogen-bond acceptors (Lipinski definition) is 4. The van der Waals surface area contributed by atoms with Gasteiger partial charge in [-0.3, -0.25) is 14.9 Å². The van der Waals surface area contributed by atoms with E-state index in [1.807, 2.05) is 14.0 Å². The zero-order valence-electron chi connectivity index (χ0n) is 11.7. The van der Waals surface area contributed by atoms with Gasteiger partial charge in [-0.25, -0.2) is 0 Å². The zero-order valence-corrected chi connectivity index (χ0v) is 13.2. The number of rotatable bonds is 2. The van der Waals surface area contributed by atoms with Crippen molar-refractivity contribution in [1.82, 2.24) is 9.80 Å². The van der Waals surface area contributed by atoms with Crippen molar-refractivity contribution in [1.29, 1.82) is 0 Å². The molecule has 1 aliphatic heterocycles. The zero-order chi connectivity index (χ0) is 15.7. The highest BCUT2D eigenvalue weighted by Gasteiger charge is 2.28. The molecule has 8 heteroatoms. The minimum absolute atomic E-state index is 0.0102. The maximum absolute atomic E-state index is 12.5. The lowest BCUT2D eigenvalue weighted by molar-refractivity contribution is -0.384. The molecule has 6 nitrogen and oxygen atoms in total. The van der Waals surface area contributed by atoms with Crippen molar-refractivity contribution in [3.8, 4) is 0 Å². The minimum atomic E-state index is -0.640. The highest BCUT2D eigenvalue weighted by Crippen LogP contribution is 2.33. The fourth-order valence-electron chi connectivity index (χ4n) is 2.44. The number of carbonyl (C=O) groups is 1. The van der Waals surface area contributed by atoms with E-state index in [2.05, 4.69) is 4.90 Å². The van der Waals surface area contributed by atoms with Crippen molar-refractivity contribution in [2.75, 3.05) is 26.7 Å². The lowest BCUT2D eigenvalue weighted by Crippen LogP contribution is -2.52. The number of hydrogen-bond donors (Lipinski definition) is 0. The normalized spacial score (nSPS) is 19.6. The van der Waals surface area contributed by atoms with E-state index >= 15 is 0 Å². The van der Waals surface area contributed by atoms with Gasteiger partial charge in [-0.15, -0.1) is 0 Å². The summed E-state index contributed by atoms with van der Waals surface area (Å²) in [6.45, 7) is 4.04. The van der Waals surface area contributed by atoms with Gasteiger partial charge in [-0.05, 0) is 20.0 Å². The number of nitro groups is 1. The molecule has 1 unspecified atom stereocenters. The Balaban J connectivity index is 2.33. The van der Waals surface area contributed by atoms with Gasteiger partial charge in [0.15, 0.2) is 0 Å². The number of amides is 1. The lowest BCUT2D eigenvalue weighted by atomic mass is 10.1. The highest BCUT2D eigenvalue weighted by atomic mass is 35.5. The molecule has 1 aromatic carbocycles. The molecule has 1 aliphatic rings. The van der Waals surface area contributed by atoms with Crippen LogP contribution in [0.4, 0.5) is 5.69 Å². The van der Waals surface area contributed by atoms with E-state index in [0.717, 1.165) is 13.1 Å². The molecule has 1 fully saturated rings. The van der Waals surface area contributed by atoms with Crippen LogP contribution in [0.3, 0.4) is 0 Å². The van der Waals surface area contributed by atoms with Crippen molar-refractivity contribution in [3.05, 3.63) is 37.9 Å². The second-order valence-electron chi connectivity index (χ2n) is 5.16. The molecule has 1 atom stereocenters. The van der Waals surface area contributed by atoms with Gasteiger partial charge < -0.3 is 9.80 Å². The summed E-state index contributed by atoms with van der Waals surface area (Å²) in [6, 6.07) is 2.59.